The van der Waals surface area contributed by atoms with Crippen molar-refractivity contribution in [3.05, 3.63) is 94.8 Å². The molecule has 0 aliphatic rings. The number of nitrogens with zero attached hydrogens (tertiary/aromatic N) is 1. The Labute approximate surface area is 173 Å². The second-order valence-electron chi connectivity index (χ2n) is 6.35. The summed E-state index contributed by atoms with van der Waals surface area (Å²) in [4.78, 5) is 11.1. The zero-order valence-electron chi connectivity index (χ0n) is 16.1. The summed E-state index contributed by atoms with van der Waals surface area (Å²) < 4.78 is 25.2. The molecule has 0 aliphatic heterocycles. The van der Waals surface area contributed by atoms with Gasteiger partial charge in [-0.2, -0.15) is 5.26 Å². The largest absolute Gasteiger partial charge is 0.493 e. The fourth-order valence-corrected chi connectivity index (χ4v) is 2.86. The Balaban J connectivity index is 1.83. The summed E-state index contributed by atoms with van der Waals surface area (Å²) in [7, 11) is 1.49. The highest BCUT2D eigenvalue weighted by Crippen LogP contribution is 2.31. The Hall–Kier alpha value is -4.11. The van der Waals surface area contributed by atoms with E-state index >= 15 is 0 Å². The van der Waals surface area contributed by atoms with Gasteiger partial charge in [-0.15, -0.1) is 0 Å². The van der Waals surface area contributed by atoms with Gasteiger partial charge in [0.05, 0.1) is 24.3 Å². The topological polar surface area (TPSA) is 79.5 Å². The van der Waals surface area contributed by atoms with E-state index in [0.29, 0.717) is 22.6 Å². The van der Waals surface area contributed by atoms with Crippen LogP contribution in [0.15, 0.2) is 66.7 Å². The number of hydrogen-bond donors (Lipinski definition) is 1. The van der Waals surface area contributed by atoms with Crippen LogP contribution < -0.4 is 9.47 Å². The highest BCUT2D eigenvalue weighted by Gasteiger charge is 2.10. The highest BCUT2D eigenvalue weighted by molar-refractivity contribution is 5.90. The monoisotopic (exact) mass is 403 g/mol. The predicted molar refractivity (Wildman–Crippen MR) is 111 cm³/mol. The van der Waals surface area contributed by atoms with E-state index < -0.39 is 11.8 Å². The molecule has 0 atom stereocenters. The first-order chi connectivity index (χ1) is 14.5. The van der Waals surface area contributed by atoms with E-state index in [9.17, 15) is 14.4 Å². The third kappa shape index (κ3) is 4.83. The van der Waals surface area contributed by atoms with Crippen LogP contribution in [0.5, 0.6) is 11.5 Å². The lowest BCUT2D eigenvalue weighted by Gasteiger charge is -2.12. The van der Waals surface area contributed by atoms with Crippen molar-refractivity contribution in [2.45, 2.75) is 6.61 Å². The number of methoxy groups -OCH3 is 1. The normalized spacial score (nSPS) is 10.9. The van der Waals surface area contributed by atoms with E-state index in [4.69, 9.17) is 14.6 Å². The minimum Gasteiger partial charge on any atom is -0.493 e. The summed E-state index contributed by atoms with van der Waals surface area (Å²) in [5.74, 6) is -0.585. The van der Waals surface area contributed by atoms with E-state index in [0.717, 1.165) is 0 Å². The molecule has 1 N–H and O–H groups in total. The van der Waals surface area contributed by atoms with Crippen molar-refractivity contribution in [3.63, 3.8) is 0 Å². The number of ether oxygens (including phenoxy) is 2. The molecule has 0 aromatic heterocycles. The van der Waals surface area contributed by atoms with E-state index in [2.05, 4.69) is 0 Å². The van der Waals surface area contributed by atoms with Crippen molar-refractivity contribution >= 4 is 17.6 Å². The first-order valence-corrected chi connectivity index (χ1v) is 9.01. The van der Waals surface area contributed by atoms with E-state index in [1.54, 1.807) is 60.7 Å². The zero-order chi connectivity index (χ0) is 21.5. The van der Waals surface area contributed by atoms with Gasteiger partial charge in [-0.1, -0.05) is 36.4 Å². The van der Waals surface area contributed by atoms with Gasteiger partial charge in [0.25, 0.3) is 0 Å². The van der Waals surface area contributed by atoms with Gasteiger partial charge in [-0.25, -0.2) is 9.18 Å². The maximum absolute atomic E-state index is 14.0. The lowest BCUT2D eigenvalue weighted by Crippen LogP contribution is -2.01. The number of hydrogen-bond acceptors (Lipinski definition) is 4. The number of carboxylic acid groups (broad SMARTS) is 1. The molecule has 0 saturated heterocycles. The standard InChI is InChI=1S/C24H18FNO4/c1-29-23-13-16(11-19(14-26)20-7-2-3-8-21(20)25)9-10-22(23)30-15-17-5-4-6-18(12-17)24(27)28/h2-13H,15H2,1H3,(H,27,28). The van der Waals surface area contributed by atoms with Crippen molar-refractivity contribution in [1.82, 2.24) is 0 Å². The Bertz CT molecular complexity index is 1150. The van der Waals surface area contributed by atoms with Crippen LogP contribution >= 0.6 is 0 Å². The molecular formula is C24H18FNO4. The molecule has 30 heavy (non-hydrogen) atoms. The molecule has 0 unspecified atom stereocenters. The fraction of sp³-hybridized carbons (Fsp3) is 0.0833. The molecule has 0 amide bonds. The van der Waals surface area contributed by atoms with Crippen LogP contribution in [0, 0.1) is 17.1 Å². The maximum atomic E-state index is 14.0. The maximum Gasteiger partial charge on any atom is 0.335 e. The van der Waals surface area contributed by atoms with Gasteiger partial charge in [-0.05, 0) is 47.5 Å². The minimum atomic E-state index is -1.01. The van der Waals surface area contributed by atoms with Gasteiger partial charge < -0.3 is 14.6 Å². The minimum absolute atomic E-state index is 0.158. The fourth-order valence-electron chi connectivity index (χ4n) is 2.86. The quantitative estimate of drug-likeness (QED) is 0.435. The van der Waals surface area contributed by atoms with Crippen molar-refractivity contribution in [2.24, 2.45) is 0 Å². The molecule has 0 bridgehead atoms. The molecule has 0 aliphatic carbocycles. The van der Waals surface area contributed by atoms with Crippen LogP contribution in [0.25, 0.3) is 11.6 Å². The molecule has 0 spiro atoms. The zero-order valence-corrected chi connectivity index (χ0v) is 16.1. The number of carboxylic acids is 1. The van der Waals surface area contributed by atoms with E-state index in [-0.39, 0.29) is 23.3 Å². The molecular weight excluding hydrogens is 385 g/mol. The van der Waals surface area contributed by atoms with Crippen molar-refractivity contribution in [3.8, 4) is 17.6 Å². The van der Waals surface area contributed by atoms with Gasteiger partial charge in [0, 0.05) is 5.56 Å². The molecule has 3 aromatic carbocycles. The van der Waals surface area contributed by atoms with Crippen LogP contribution in [0.1, 0.15) is 27.0 Å². The number of halogens is 1. The SMILES string of the molecule is COc1cc(C=C(C#N)c2ccccc2F)ccc1OCc1cccc(C(=O)O)c1. The number of nitriles is 1. The van der Waals surface area contributed by atoms with Crippen molar-refractivity contribution in [1.29, 1.82) is 5.26 Å². The Morgan fingerprint density at radius 1 is 1.10 bits per heavy atom. The van der Waals surface area contributed by atoms with Gasteiger partial charge in [-0.3, -0.25) is 0 Å². The average molecular weight is 403 g/mol. The van der Waals surface area contributed by atoms with Crippen LogP contribution in [-0.2, 0) is 6.61 Å². The van der Waals surface area contributed by atoms with Crippen molar-refractivity contribution < 1.29 is 23.8 Å². The second-order valence-corrected chi connectivity index (χ2v) is 6.35. The predicted octanol–water partition coefficient (Wildman–Crippen LogP) is 5.18. The van der Waals surface area contributed by atoms with E-state index in [1.165, 1.54) is 19.2 Å². The lowest BCUT2D eigenvalue weighted by molar-refractivity contribution is 0.0696. The smallest absolute Gasteiger partial charge is 0.335 e. The molecule has 0 radical (unpaired) electrons. The Morgan fingerprint density at radius 2 is 1.90 bits per heavy atom. The summed E-state index contributed by atoms with van der Waals surface area (Å²) in [6, 6.07) is 19.7. The summed E-state index contributed by atoms with van der Waals surface area (Å²) >= 11 is 0. The third-order valence-corrected chi connectivity index (χ3v) is 4.35. The van der Waals surface area contributed by atoms with Gasteiger partial charge in [0.1, 0.15) is 12.4 Å². The molecule has 150 valence electrons. The molecule has 0 fully saturated rings. The Kier molecular flexibility index (Phi) is 6.46. The van der Waals surface area contributed by atoms with Gasteiger partial charge >= 0.3 is 5.97 Å². The van der Waals surface area contributed by atoms with Gasteiger partial charge in [0.15, 0.2) is 11.5 Å². The molecule has 0 saturated carbocycles. The van der Waals surface area contributed by atoms with Crippen molar-refractivity contribution in [2.75, 3.05) is 7.11 Å². The molecule has 6 heteroatoms. The summed E-state index contributed by atoms with van der Waals surface area (Å²) in [6.45, 7) is 0.158. The first-order valence-electron chi connectivity index (χ1n) is 9.01. The number of benzene rings is 3. The van der Waals surface area contributed by atoms with Crippen LogP contribution in [0.3, 0.4) is 0 Å². The Morgan fingerprint density at radius 3 is 2.60 bits per heavy atom. The van der Waals surface area contributed by atoms with Gasteiger partial charge in [0.2, 0.25) is 0 Å². The van der Waals surface area contributed by atoms with Crippen LogP contribution in [0.2, 0.25) is 0 Å². The number of allylic oxidation sites excluding steroid dienone is 1. The molecule has 3 aromatic rings. The average Bonchev–Trinajstić information content (AvgIpc) is 2.77. The number of carbonyl (C=O) groups is 1. The summed E-state index contributed by atoms with van der Waals surface area (Å²) in [6.07, 6.45) is 1.57. The first kappa shape index (κ1) is 20.6. The molecule has 3 rings (SSSR count). The number of aromatic carboxylic acids is 1. The summed E-state index contributed by atoms with van der Waals surface area (Å²) in [5.41, 5.74) is 1.94. The highest BCUT2D eigenvalue weighted by atomic mass is 19.1. The van der Waals surface area contributed by atoms with Crippen LogP contribution in [-0.4, -0.2) is 18.2 Å². The molecule has 5 nitrogen and oxygen atoms in total. The summed E-state index contributed by atoms with van der Waals surface area (Å²) in [5, 5.41) is 18.5. The molecule has 0 heterocycles. The second kappa shape index (κ2) is 9.39. The number of rotatable bonds is 7. The third-order valence-electron chi connectivity index (χ3n) is 4.35. The van der Waals surface area contributed by atoms with Crippen LogP contribution in [0.4, 0.5) is 4.39 Å². The lowest BCUT2D eigenvalue weighted by atomic mass is 10.0. The van der Waals surface area contributed by atoms with E-state index in [1.807, 2.05) is 6.07 Å².